The van der Waals surface area contributed by atoms with Gasteiger partial charge in [0.05, 0.1) is 25.7 Å². The molecule has 5 heteroatoms. The van der Waals surface area contributed by atoms with E-state index in [1.807, 2.05) is 19.9 Å². The quantitative estimate of drug-likeness (QED) is 0.567. The number of methoxy groups -OCH3 is 1. The molecule has 0 aromatic rings. The molecule has 0 aromatic carbocycles. The third kappa shape index (κ3) is 8.66. The molecular formula is C12H22N2O3. The second-order valence-electron chi connectivity index (χ2n) is 4.19. The van der Waals surface area contributed by atoms with E-state index >= 15 is 0 Å². The molecule has 98 valence electrons. The molecule has 17 heavy (non-hydrogen) atoms. The second-order valence-corrected chi connectivity index (χ2v) is 4.19. The Balaban J connectivity index is 3.99. The highest BCUT2D eigenvalue weighted by Crippen LogP contribution is 2.01. The topological polar surface area (TPSA) is 62.6 Å². The highest BCUT2D eigenvalue weighted by molar-refractivity contribution is 5.77. The lowest BCUT2D eigenvalue weighted by atomic mass is 10.2. The van der Waals surface area contributed by atoms with Crippen LogP contribution < -0.4 is 0 Å². The molecule has 0 aliphatic carbocycles. The van der Waals surface area contributed by atoms with Gasteiger partial charge < -0.3 is 14.4 Å². The number of carbonyl (C=O) groups excluding carboxylic acids is 1. The van der Waals surface area contributed by atoms with Crippen molar-refractivity contribution in [1.29, 1.82) is 5.26 Å². The van der Waals surface area contributed by atoms with E-state index in [9.17, 15) is 4.79 Å². The third-order valence-corrected chi connectivity index (χ3v) is 2.09. The van der Waals surface area contributed by atoms with E-state index in [-0.39, 0.29) is 12.5 Å². The molecule has 0 saturated carbocycles. The number of amides is 1. The van der Waals surface area contributed by atoms with Gasteiger partial charge >= 0.3 is 0 Å². The first-order valence-electron chi connectivity index (χ1n) is 5.83. The lowest BCUT2D eigenvalue weighted by molar-refractivity contribution is -0.137. The minimum absolute atomic E-state index is 0.0571. The predicted octanol–water partition coefficient (Wildman–Crippen LogP) is 1.05. The van der Waals surface area contributed by atoms with Crippen LogP contribution >= 0.6 is 0 Å². The van der Waals surface area contributed by atoms with Gasteiger partial charge in [-0.15, -0.1) is 0 Å². The number of hydrogen-bond donors (Lipinski definition) is 0. The van der Waals surface area contributed by atoms with Gasteiger partial charge in [0.2, 0.25) is 5.91 Å². The molecule has 0 heterocycles. The van der Waals surface area contributed by atoms with Crippen molar-refractivity contribution in [3.05, 3.63) is 0 Å². The predicted molar refractivity (Wildman–Crippen MR) is 64.3 cm³/mol. The lowest BCUT2D eigenvalue weighted by Crippen LogP contribution is -2.37. The Bertz CT molecular complexity index is 249. The molecule has 0 bridgehead atoms. The van der Waals surface area contributed by atoms with Crippen LogP contribution in [0.1, 0.15) is 20.3 Å². The Kier molecular flexibility index (Phi) is 9.40. The van der Waals surface area contributed by atoms with Crippen molar-refractivity contribution in [3.63, 3.8) is 0 Å². The van der Waals surface area contributed by atoms with E-state index in [4.69, 9.17) is 14.7 Å². The molecule has 0 aliphatic heterocycles. The molecule has 0 aliphatic rings. The fourth-order valence-electron chi connectivity index (χ4n) is 1.34. The zero-order chi connectivity index (χ0) is 13.1. The fraction of sp³-hybridized carbons (Fsp3) is 0.833. The maximum atomic E-state index is 11.8. The van der Waals surface area contributed by atoms with Gasteiger partial charge in [-0.25, -0.2) is 0 Å². The van der Waals surface area contributed by atoms with Crippen LogP contribution in [0, 0.1) is 17.2 Å². The minimum Gasteiger partial charge on any atom is -0.382 e. The van der Waals surface area contributed by atoms with Gasteiger partial charge in [-0.2, -0.15) is 5.26 Å². The molecule has 0 N–H and O–H groups in total. The van der Waals surface area contributed by atoms with E-state index in [1.165, 1.54) is 0 Å². The molecule has 0 aromatic heterocycles. The van der Waals surface area contributed by atoms with Crippen LogP contribution in [0.15, 0.2) is 0 Å². The Hall–Kier alpha value is -1.12. The minimum atomic E-state index is -0.0648. The molecule has 0 fully saturated rings. The molecule has 0 radical (unpaired) electrons. The molecule has 0 saturated heterocycles. The summed E-state index contributed by atoms with van der Waals surface area (Å²) < 4.78 is 10.00. The van der Waals surface area contributed by atoms with Gasteiger partial charge in [-0.05, 0) is 5.92 Å². The zero-order valence-corrected chi connectivity index (χ0v) is 10.9. The molecule has 0 atom stereocenters. The molecule has 0 spiro atoms. The average molecular weight is 242 g/mol. The van der Waals surface area contributed by atoms with Gasteiger partial charge in [0.1, 0.15) is 6.61 Å². The summed E-state index contributed by atoms with van der Waals surface area (Å²) in [7, 11) is 1.59. The van der Waals surface area contributed by atoms with Crippen molar-refractivity contribution < 1.29 is 14.3 Å². The van der Waals surface area contributed by atoms with Crippen molar-refractivity contribution >= 4 is 5.91 Å². The van der Waals surface area contributed by atoms with Gasteiger partial charge in [0, 0.05) is 20.2 Å². The summed E-state index contributed by atoms with van der Waals surface area (Å²) in [6.45, 7) is 6.17. The van der Waals surface area contributed by atoms with Crippen LogP contribution in [0.2, 0.25) is 0 Å². The van der Waals surface area contributed by atoms with Crippen LogP contribution in [-0.4, -0.2) is 50.8 Å². The van der Waals surface area contributed by atoms with E-state index in [0.717, 1.165) is 0 Å². The standard InChI is InChI=1S/C12H22N2O3/c1-11(2)9-14(6-4-5-13)12(15)10-17-8-7-16-3/h11H,4,6-10H2,1-3H3. The molecular weight excluding hydrogens is 220 g/mol. The Labute approximate surface area is 103 Å². The van der Waals surface area contributed by atoms with Crippen molar-refractivity contribution in [2.75, 3.05) is 40.0 Å². The van der Waals surface area contributed by atoms with E-state index in [1.54, 1.807) is 12.0 Å². The monoisotopic (exact) mass is 242 g/mol. The highest BCUT2D eigenvalue weighted by Gasteiger charge is 2.14. The van der Waals surface area contributed by atoms with Crippen LogP contribution in [0.3, 0.4) is 0 Å². The Morgan fingerprint density at radius 3 is 2.65 bits per heavy atom. The summed E-state index contributed by atoms with van der Waals surface area (Å²) >= 11 is 0. The molecule has 0 rings (SSSR count). The largest absolute Gasteiger partial charge is 0.382 e. The summed E-state index contributed by atoms with van der Waals surface area (Å²) in [5, 5.41) is 8.54. The number of hydrogen-bond acceptors (Lipinski definition) is 4. The number of nitrogens with zero attached hydrogens (tertiary/aromatic N) is 2. The third-order valence-electron chi connectivity index (χ3n) is 2.09. The maximum Gasteiger partial charge on any atom is 0.248 e. The summed E-state index contributed by atoms with van der Waals surface area (Å²) in [6.07, 6.45) is 0.358. The SMILES string of the molecule is COCCOCC(=O)N(CCC#N)CC(C)C. The van der Waals surface area contributed by atoms with Crippen LogP contribution in [-0.2, 0) is 14.3 Å². The number of ether oxygens (including phenoxy) is 2. The van der Waals surface area contributed by atoms with Crippen LogP contribution in [0.5, 0.6) is 0 Å². The second kappa shape index (κ2) is 10.1. The number of nitriles is 1. The molecule has 5 nitrogen and oxygen atoms in total. The molecule has 0 unspecified atom stereocenters. The van der Waals surface area contributed by atoms with E-state index < -0.39 is 0 Å². The Morgan fingerprint density at radius 2 is 2.12 bits per heavy atom. The van der Waals surface area contributed by atoms with Gasteiger partial charge in [0.15, 0.2) is 0 Å². The highest BCUT2D eigenvalue weighted by atomic mass is 16.5. The first kappa shape index (κ1) is 15.9. The normalized spacial score (nSPS) is 10.3. The summed E-state index contributed by atoms with van der Waals surface area (Å²) in [4.78, 5) is 13.5. The van der Waals surface area contributed by atoms with E-state index in [2.05, 4.69) is 0 Å². The van der Waals surface area contributed by atoms with Gasteiger partial charge in [-0.1, -0.05) is 13.8 Å². The first-order chi connectivity index (χ1) is 8.11. The number of rotatable bonds is 9. The number of carbonyl (C=O) groups is 1. The first-order valence-corrected chi connectivity index (χ1v) is 5.83. The van der Waals surface area contributed by atoms with Gasteiger partial charge in [0.25, 0.3) is 0 Å². The molecule has 1 amide bonds. The van der Waals surface area contributed by atoms with Crippen molar-refractivity contribution in [1.82, 2.24) is 4.90 Å². The average Bonchev–Trinajstić information content (AvgIpc) is 2.29. The van der Waals surface area contributed by atoms with Crippen molar-refractivity contribution in [2.24, 2.45) is 5.92 Å². The smallest absolute Gasteiger partial charge is 0.248 e. The summed E-state index contributed by atoms with van der Waals surface area (Å²) in [5.41, 5.74) is 0. The van der Waals surface area contributed by atoms with Crippen molar-refractivity contribution in [3.8, 4) is 6.07 Å². The van der Waals surface area contributed by atoms with E-state index in [0.29, 0.717) is 38.6 Å². The van der Waals surface area contributed by atoms with Crippen LogP contribution in [0.25, 0.3) is 0 Å². The van der Waals surface area contributed by atoms with Crippen molar-refractivity contribution in [2.45, 2.75) is 20.3 Å². The maximum absolute atomic E-state index is 11.8. The summed E-state index contributed by atoms with van der Waals surface area (Å²) in [5.74, 6) is 0.321. The zero-order valence-electron chi connectivity index (χ0n) is 10.9. The Morgan fingerprint density at radius 1 is 1.41 bits per heavy atom. The lowest BCUT2D eigenvalue weighted by Gasteiger charge is -2.23. The van der Waals surface area contributed by atoms with Gasteiger partial charge in [-0.3, -0.25) is 4.79 Å². The fourth-order valence-corrected chi connectivity index (χ4v) is 1.34. The summed E-state index contributed by atoms with van der Waals surface area (Å²) in [6, 6.07) is 2.05. The van der Waals surface area contributed by atoms with Crippen LogP contribution in [0.4, 0.5) is 0 Å².